The Hall–Kier alpha value is -1.75. The SMILES string of the molecule is COc1ccc(CC(=O)OC[C@H]2CCCO2)cc1OC. The van der Waals surface area contributed by atoms with Crippen LogP contribution in [0.2, 0.25) is 0 Å². The van der Waals surface area contributed by atoms with Crippen molar-refractivity contribution in [3.05, 3.63) is 23.8 Å². The number of methoxy groups -OCH3 is 2. The summed E-state index contributed by atoms with van der Waals surface area (Å²) in [6.07, 6.45) is 2.28. The summed E-state index contributed by atoms with van der Waals surface area (Å²) in [5.74, 6) is 0.994. The molecule has 1 aromatic carbocycles. The molecule has 0 N–H and O–H groups in total. The zero-order valence-electron chi connectivity index (χ0n) is 11.9. The van der Waals surface area contributed by atoms with Gasteiger partial charge in [-0.1, -0.05) is 6.07 Å². The first kappa shape index (κ1) is 14.7. The second-order valence-electron chi connectivity index (χ2n) is 4.68. The van der Waals surface area contributed by atoms with Crippen molar-refractivity contribution in [1.82, 2.24) is 0 Å². The Morgan fingerprint density at radius 2 is 2.10 bits per heavy atom. The van der Waals surface area contributed by atoms with Gasteiger partial charge in [0.25, 0.3) is 0 Å². The Kier molecular flexibility index (Phi) is 5.24. The first-order chi connectivity index (χ1) is 9.72. The maximum absolute atomic E-state index is 11.8. The van der Waals surface area contributed by atoms with E-state index in [-0.39, 0.29) is 18.5 Å². The van der Waals surface area contributed by atoms with E-state index in [4.69, 9.17) is 18.9 Å². The quantitative estimate of drug-likeness (QED) is 0.746. The highest BCUT2D eigenvalue weighted by molar-refractivity contribution is 5.73. The number of esters is 1. The summed E-state index contributed by atoms with van der Waals surface area (Å²) in [4.78, 5) is 11.8. The zero-order chi connectivity index (χ0) is 14.4. The Balaban J connectivity index is 1.86. The molecule has 110 valence electrons. The van der Waals surface area contributed by atoms with Crippen LogP contribution in [0, 0.1) is 0 Å². The molecule has 5 heteroatoms. The van der Waals surface area contributed by atoms with Crippen molar-refractivity contribution in [2.24, 2.45) is 0 Å². The minimum atomic E-state index is -0.257. The van der Waals surface area contributed by atoms with Crippen molar-refractivity contribution >= 4 is 5.97 Å². The molecule has 5 nitrogen and oxygen atoms in total. The highest BCUT2D eigenvalue weighted by Crippen LogP contribution is 2.27. The first-order valence-corrected chi connectivity index (χ1v) is 6.71. The van der Waals surface area contributed by atoms with Gasteiger partial charge < -0.3 is 18.9 Å². The molecule has 1 heterocycles. The molecule has 0 amide bonds. The van der Waals surface area contributed by atoms with Crippen LogP contribution in [-0.4, -0.2) is 39.5 Å². The third-order valence-corrected chi connectivity index (χ3v) is 3.25. The summed E-state index contributed by atoms with van der Waals surface area (Å²) in [5.41, 5.74) is 0.833. The molecule has 20 heavy (non-hydrogen) atoms. The van der Waals surface area contributed by atoms with E-state index < -0.39 is 0 Å². The fraction of sp³-hybridized carbons (Fsp3) is 0.533. The largest absolute Gasteiger partial charge is 0.493 e. The number of ether oxygens (including phenoxy) is 4. The lowest BCUT2D eigenvalue weighted by Crippen LogP contribution is -2.18. The smallest absolute Gasteiger partial charge is 0.310 e. The summed E-state index contributed by atoms with van der Waals surface area (Å²) in [7, 11) is 3.14. The average Bonchev–Trinajstić information content (AvgIpc) is 2.98. The van der Waals surface area contributed by atoms with Crippen LogP contribution in [0.5, 0.6) is 11.5 Å². The first-order valence-electron chi connectivity index (χ1n) is 6.71. The van der Waals surface area contributed by atoms with Crippen LogP contribution < -0.4 is 9.47 Å². The minimum Gasteiger partial charge on any atom is -0.493 e. The Labute approximate surface area is 118 Å². The fourth-order valence-electron chi connectivity index (χ4n) is 2.17. The van der Waals surface area contributed by atoms with Crippen molar-refractivity contribution in [3.8, 4) is 11.5 Å². The predicted molar refractivity (Wildman–Crippen MR) is 73.2 cm³/mol. The number of rotatable bonds is 6. The number of carbonyl (C=O) groups excluding carboxylic acids is 1. The zero-order valence-corrected chi connectivity index (χ0v) is 11.9. The van der Waals surface area contributed by atoms with Gasteiger partial charge in [0.15, 0.2) is 11.5 Å². The topological polar surface area (TPSA) is 54.0 Å². The summed E-state index contributed by atoms with van der Waals surface area (Å²) in [6.45, 7) is 1.10. The third-order valence-electron chi connectivity index (χ3n) is 3.25. The van der Waals surface area contributed by atoms with Crippen LogP contribution in [0.1, 0.15) is 18.4 Å². The van der Waals surface area contributed by atoms with Gasteiger partial charge >= 0.3 is 5.97 Å². The number of hydrogen-bond donors (Lipinski definition) is 0. The summed E-state index contributed by atoms with van der Waals surface area (Å²) in [5, 5.41) is 0. The highest BCUT2D eigenvalue weighted by atomic mass is 16.6. The van der Waals surface area contributed by atoms with E-state index in [1.165, 1.54) is 0 Å². The molecule has 1 aromatic rings. The van der Waals surface area contributed by atoms with E-state index in [9.17, 15) is 4.79 Å². The monoisotopic (exact) mass is 280 g/mol. The number of hydrogen-bond acceptors (Lipinski definition) is 5. The Morgan fingerprint density at radius 3 is 2.75 bits per heavy atom. The maximum atomic E-state index is 11.8. The van der Waals surface area contributed by atoms with Crippen LogP contribution in [0.3, 0.4) is 0 Å². The van der Waals surface area contributed by atoms with Crippen molar-refractivity contribution in [2.45, 2.75) is 25.4 Å². The molecular weight excluding hydrogens is 260 g/mol. The summed E-state index contributed by atoms with van der Waals surface area (Å²) in [6, 6.07) is 5.39. The lowest BCUT2D eigenvalue weighted by atomic mass is 10.1. The highest BCUT2D eigenvalue weighted by Gasteiger charge is 2.17. The molecule has 0 aromatic heterocycles. The van der Waals surface area contributed by atoms with E-state index in [0.717, 1.165) is 25.0 Å². The van der Waals surface area contributed by atoms with Crippen molar-refractivity contribution in [3.63, 3.8) is 0 Å². The molecular formula is C15H20O5. The van der Waals surface area contributed by atoms with Crippen LogP contribution >= 0.6 is 0 Å². The normalized spacial score (nSPS) is 17.8. The average molecular weight is 280 g/mol. The molecule has 1 atom stereocenters. The van der Waals surface area contributed by atoms with Gasteiger partial charge in [-0.25, -0.2) is 0 Å². The van der Waals surface area contributed by atoms with E-state index in [1.807, 2.05) is 6.07 Å². The maximum Gasteiger partial charge on any atom is 0.310 e. The second kappa shape index (κ2) is 7.14. The fourth-order valence-corrected chi connectivity index (χ4v) is 2.17. The van der Waals surface area contributed by atoms with Crippen LogP contribution in [-0.2, 0) is 20.7 Å². The lowest BCUT2D eigenvalue weighted by Gasteiger charge is -2.11. The molecule has 1 fully saturated rings. The van der Waals surface area contributed by atoms with Gasteiger partial charge in [-0.15, -0.1) is 0 Å². The van der Waals surface area contributed by atoms with Crippen molar-refractivity contribution < 1.29 is 23.7 Å². The molecule has 0 saturated carbocycles. The van der Waals surface area contributed by atoms with Crippen molar-refractivity contribution in [1.29, 1.82) is 0 Å². The molecule has 0 unspecified atom stereocenters. The minimum absolute atomic E-state index is 0.0596. The summed E-state index contributed by atoms with van der Waals surface area (Å²) >= 11 is 0. The van der Waals surface area contributed by atoms with Gasteiger partial charge in [-0.05, 0) is 30.5 Å². The lowest BCUT2D eigenvalue weighted by molar-refractivity contribution is -0.146. The molecule has 1 aliphatic heterocycles. The number of benzene rings is 1. The number of carbonyl (C=O) groups is 1. The van der Waals surface area contributed by atoms with Crippen LogP contribution in [0.15, 0.2) is 18.2 Å². The molecule has 0 spiro atoms. The summed E-state index contributed by atoms with van der Waals surface area (Å²) < 4.78 is 21.0. The van der Waals surface area contributed by atoms with Gasteiger partial charge in [0.05, 0.1) is 26.7 Å². The van der Waals surface area contributed by atoms with Gasteiger partial charge in [0, 0.05) is 6.61 Å². The molecule has 1 aliphatic rings. The van der Waals surface area contributed by atoms with E-state index in [0.29, 0.717) is 18.1 Å². The van der Waals surface area contributed by atoms with Crippen LogP contribution in [0.4, 0.5) is 0 Å². The van der Waals surface area contributed by atoms with Gasteiger partial charge in [0.1, 0.15) is 6.61 Å². The van der Waals surface area contributed by atoms with Gasteiger partial charge in [0.2, 0.25) is 0 Å². The molecule has 1 saturated heterocycles. The van der Waals surface area contributed by atoms with E-state index >= 15 is 0 Å². The Morgan fingerprint density at radius 1 is 1.30 bits per heavy atom. The van der Waals surface area contributed by atoms with Crippen LogP contribution in [0.25, 0.3) is 0 Å². The molecule has 0 aliphatic carbocycles. The Bertz CT molecular complexity index is 452. The van der Waals surface area contributed by atoms with E-state index in [2.05, 4.69) is 0 Å². The third kappa shape index (κ3) is 3.87. The molecule has 0 radical (unpaired) electrons. The standard InChI is InChI=1S/C15H20O5/c1-17-13-6-5-11(8-14(13)18-2)9-15(16)20-10-12-4-3-7-19-12/h5-6,8,12H,3-4,7,9-10H2,1-2H3/t12-/m1/s1. The van der Waals surface area contributed by atoms with Gasteiger partial charge in [-0.3, -0.25) is 4.79 Å². The second-order valence-corrected chi connectivity index (χ2v) is 4.68. The molecule has 0 bridgehead atoms. The predicted octanol–water partition coefficient (Wildman–Crippen LogP) is 1.97. The van der Waals surface area contributed by atoms with Crippen molar-refractivity contribution in [2.75, 3.05) is 27.4 Å². The van der Waals surface area contributed by atoms with Gasteiger partial charge in [-0.2, -0.15) is 0 Å². The van der Waals surface area contributed by atoms with E-state index in [1.54, 1.807) is 26.4 Å². The molecule has 2 rings (SSSR count).